The number of hydrogen-bond acceptors (Lipinski definition) is 4. The van der Waals surface area contributed by atoms with Gasteiger partial charge in [0.25, 0.3) is 5.85 Å². The van der Waals surface area contributed by atoms with Gasteiger partial charge in [-0.15, -0.1) is 0 Å². The summed E-state index contributed by atoms with van der Waals surface area (Å²) >= 11 is 0. The molecule has 0 N–H and O–H groups in total. The summed E-state index contributed by atoms with van der Waals surface area (Å²) in [4.78, 5) is 14.6. The van der Waals surface area contributed by atoms with Gasteiger partial charge < -0.3 is 9.47 Å². The van der Waals surface area contributed by atoms with E-state index < -0.39 is 19.7 Å². The topological polar surface area (TPSA) is 55.8 Å². The zero-order chi connectivity index (χ0) is 22.9. The van der Waals surface area contributed by atoms with Crippen LogP contribution < -0.4 is 4.90 Å². The first-order valence-electron chi connectivity index (χ1n) is 11.2. The first kappa shape index (κ1) is 24.2. The Morgan fingerprint density at radius 1 is 1.03 bits per heavy atom. The SMILES string of the molecule is COC(CN(C(=O)OCc1ccccc1)c1ccccc1)[P+](=O)C(=C(C)C)C1CCCC1. The van der Waals surface area contributed by atoms with Crippen LogP contribution in [0.15, 0.2) is 71.6 Å². The molecule has 1 fully saturated rings. The fraction of sp³-hybridized carbons (Fsp3) is 0.423. The Hall–Kier alpha value is -2.49. The average molecular weight is 455 g/mol. The quantitative estimate of drug-likeness (QED) is 0.379. The maximum Gasteiger partial charge on any atom is 0.414 e. The minimum absolute atomic E-state index is 0.160. The van der Waals surface area contributed by atoms with Crippen LogP contribution in [0.4, 0.5) is 10.5 Å². The predicted molar refractivity (Wildman–Crippen MR) is 129 cm³/mol. The van der Waals surface area contributed by atoms with E-state index >= 15 is 0 Å². The summed E-state index contributed by atoms with van der Waals surface area (Å²) in [5.41, 5.74) is 2.70. The van der Waals surface area contributed by atoms with Gasteiger partial charge in [0.1, 0.15) is 13.2 Å². The fourth-order valence-corrected chi connectivity index (χ4v) is 6.13. The molecule has 2 atom stereocenters. The van der Waals surface area contributed by atoms with Crippen molar-refractivity contribution >= 4 is 19.6 Å². The Balaban J connectivity index is 1.80. The maximum atomic E-state index is 13.7. The van der Waals surface area contributed by atoms with E-state index in [0.29, 0.717) is 11.6 Å². The zero-order valence-electron chi connectivity index (χ0n) is 19.2. The molecule has 2 aromatic rings. The van der Waals surface area contributed by atoms with Gasteiger partial charge in [0.05, 0.1) is 0 Å². The summed E-state index contributed by atoms with van der Waals surface area (Å²) in [6.07, 6.45) is 4.00. The summed E-state index contributed by atoms with van der Waals surface area (Å²) in [5, 5.41) is 1.01. The molecule has 0 aliphatic heterocycles. The van der Waals surface area contributed by atoms with E-state index in [1.54, 1.807) is 7.11 Å². The van der Waals surface area contributed by atoms with Crippen molar-refractivity contribution in [3.05, 3.63) is 77.1 Å². The van der Waals surface area contributed by atoms with E-state index in [1.807, 2.05) is 74.5 Å². The Kier molecular flexibility index (Phi) is 9.01. The molecule has 1 amide bonds. The average Bonchev–Trinajstić information content (AvgIpc) is 3.33. The third kappa shape index (κ3) is 6.27. The maximum absolute atomic E-state index is 13.7. The van der Waals surface area contributed by atoms with Crippen molar-refractivity contribution in [1.82, 2.24) is 0 Å². The molecule has 6 heteroatoms. The first-order valence-corrected chi connectivity index (χ1v) is 12.5. The molecule has 1 saturated carbocycles. The van der Waals surface area contributed by atoms with Gasteiger partial charge in [-0.05, 0) is 50.0 Å². The van der Waals surface area contributed by atoms with Gasteiger partial charge in [-0.3, -0.25) is 4.90 Å². The van der Waals surface area contributed by atoms with Crippen molar-refractivity contribution in [3.63, 3.8) is 0 Å². The summed E-state index contributed by atoms with van der Waals surface area (Å²) < 4.78 is 25.0. The molecule has 0 saturated heterocycles. The number of carbonyl (C=O) groups excluding carboxylic acids is 1. The number of benzene rings is 2. The molecule has 2 aromatic carbocycles. The van der Waals surface area contributed by atoms with Crippen molar-refractivity contribution in [2.24, 2.45) is 5.92 Å². The summed E-state index contributed by atoms with van der Waals surface area (Å²) in [7, 11) is -0.238. The number of para-hydroxylation sites is 1. The first-order chi connectivity index (χ1) is 15.5. The van der Waals surface area contributed by atoms with Crippen molar-refractivity contribution in [2.45, 2.75) is 52.0 Å². The Morgan fingerprint density at radius 2 is 1.62 bits per heavy atom. The molecule has 5 nitrogen and oxygen atoms in total. The van der Waals surface area contributed by atoms with Gasteiger partial charge in [-0.1, -0.05) is 65.9 Å². The van der Waals surface area contributed by atoms with Gasteiger partial charge in [-0.25, -0.2) is 4.79 Å². The number of rotatable bonds is 9. The Labute approximate surface area is 192 Å². The van der Waals surface area contributed by atoms with Crippen LogP contribution in [-0.2, 0) is 20.6 Å². The molecular formula is C26H33NO4P+. The largest absolute Gasteiger partial charge is 0.444 e. The molecule has 32 heavy (non-hydrogen) atoms. The smallest absolute Gasteiger partial charge is 0.414 e. The van der Waals surface area contributed by atoms with E-state index in [9.17, 15) is 9.36 Å². The number of nitrogens with zero attached hydrogens (tertiary/aromatic N) is 1. The normalized spacial score (nSPS) is 15.2. The summed E-state index contributed by atoms with van der Waals surface area (Å²) in [5.74, 6) is -0.267. The highest BCUT2D eigenvalue weighted by molar-refractivity contribution is 7.50. The number of carbonyl (C=O) groups is 1. The number of ether oxygens (including phenoxy) is 2. The lowest BCUT2D eigenvalue weighted by Gasteiger charge is -2.23. The number of allylic oxidation sites excluding steroid dienone is 2. The van der Waals surface area contributed by atoms with E-state index in [0.717, 1.165) is 29.3 Å². The van der Waals surface area contributed by atoms with Crippen LogP contribution in [-0.4, -0.2) is 25.6 Å². The number of methoxy groups -OCH3 is 1. The second-order valence-electron chi connectivity index (χ2n) is 8.37. The summed E-state index contributed by atoms with van der Waals surface area (Å²) in [6.45, 7) is 4.38. The highest BCUT2D eigenvalue weighted by Crippen LogP contribution is 2.49. The third-order valence-corrected chi connectivity index (χ3v) is 8.04. The molecule has 2 unspecified atom stereocenters. The molecule has 0 bridgehead atoms. The van der Waals surface area contributed by atoms with E-state index in [2.05, 4.69) is 0 Å². The van der Waals surface area contributed by atoms with Gasteiger partial charge in [0.15, 0.2) is 5.31 Å². The van der Waals surface area contributed by atoms with Gasteiger partial charge in [-0.2, -0.15) is 0 Å². The molecular weight excluding hydrogens is 421 g/mol. The second-order valence-corrected chi connectivity index (χ2v) is 10.1. The minimum Gasteiger partial charge on any atom is -0.444 e. The lowest BCUT2D eigenvalue weighted by molar-refractivity contribution is 0.137. The standard InChI is InChI=1S/C26H33NO4P/c1-20(2)25(22-14-10-11-15-22)32(29)24(30-3)18-27(23-16-8-5-9-17-23)26(28)31-19-21-12-6-4-7-13-21/h4-9,12-13,16-17,22,24H,10-11,14-15,18-19H2,1-3H3/q+1. The van der Waals surface area contributed by atoms with Gasteiger partial charge in [0.2, 0.25) is 0 Å². The van der Waals surface area contributed by atoms with Gasteiger partial charge in [0, 0.05) is 18.7 Å². The van der Waals surface area contributed by atoms with Crippen molar-refractivity contribution in [3.8, 4) is 0 Å². The third-order valence-electron chi connectivity index (χ3n) is 5.86. The van der Waals surface area contributed by atoms with Gasteiger partial charge >= 0.3 is 13.9 Å². The fourth-order valence-electron chi connectivity index (χ4n) is 4.25. The van der Waals surface area contributed by atoms with E-state index in [4.69, 9.17) is 9.47 Å². The van der Waals surface area contributed by atoms with Crippen molar-refractivity contribution in [1.29, 1.82) is 0 Å². The summed E-state index contributed by atoms with van der Waals surface area (Å²) in [6, 6.07) is 18.9. The monoisotopic (exact) mass is 454 g/mol. The zero-order valence-corrected chi connectivity index (χ0v) is 20.1. The molecule has 0 spiro atoms. The van der Waals surface area contributed by atoms with Crippen LogP contribution in [0, 0.1) is 5.92 Å². The molecule has 3 rings (SSSR count). The molecule has 0 aromatic heterocycles. The number of anilines is 1. The van der Waals surface area contributed by atoms with Crippen LogP contribution in [0.2, 0.25) is 0 Å². The van der Waals surface area contributed by atoms with Crippen molar-refractivity contribution < 1.29 is 18.8 Å². The highest BCUT2D eigenvalue weighted by Gasteiger charge is 2.43. The molecule has 0 heterocycles. The molecule has 1 aliphatic rings. The Bertz CT molecular complexity index is 919. The molecule has 0 radical (unpaired) electrons. The van der Waals surface area contributed by atoms with Crippen LogP contribution in [0.5, 0.6) is 0 Å². The lowest BCUT2D eigenvalue weighted by Crippen LogP contribution is -2.37. The highest BCUT2D eigenvalue weighted by atomic mass is 31.1. The van der Waals surface area contributed by atoms with E-state index in [1.165, 1.54) is 17.7 Å². The number of amides is 1. The molecule has 170 valence electrons. The lowest BCUT2D eigenvalue weighted by atomic mass is 10.1. The molecule has 1 aliphatic carbocycles. The van der Waals surface area contributed by atoms with Crippen LogP contribution in [0.25, 0.3) is 0 Å². The van der Waals surface area contributed by atoms with Crippen molar-refractivity contribution in [2.75, 3.05) is 18.6 Å². The van der Waals surface area contributed by atoms with Crippen LogP contribution in [0.3, 0.4) is 0 Å². The van der Waals surface area contributed by atoms with Crippen LogP contribution in [0.1, 0.15) is 45.1 Å². The van der Waals surface area contributed by atoms with E-state index in [-0.39, 0.29) is 13.2 Å². The Morgan fingerprint density at radius 3 is 2.19 bits per heavy atom. The second kappa shape index (κ2) is 11.9. The predicted octanol–water partition coefficient (Wildman–Crippen LogP) is 7.11. The minimum atomic E-state index is -1.80. The van der Waals surface area contributed by atoms with Crippen LogP contribution >= 0.6 is 7.80 Å². The number of hydrogen-bond donors (Lipinski definition) is 0.